The first-order valence-corrected chi connectivity index (χ1v) is 6.41. The van der Waals surface area contributed by atoms with Gasteiger partial charge in [-0.3, -0.25) is 4.79 Å². The Hall–Kier alpha value is -0.870. The van der Waals surface area contributed by atoms with Gasteiger partial charge in [0.25, 0.3) is 0 Å². The van der Waals surface area contributed by atoms with Crippen LogP contribution >= 0.6 is 11.3 Å². The maximum atomic E-state index is 11.3. The van der Waals surface area contributed by atoms with Crippen LogP contribution in [-0.4, -0.2) is 24.7 Å². The van der Waals surface area contributed by atoms with E-state index in [1.807, 2.05) is 19.9 Å². The van der Waals surface area contributed by atoms with Gasteiger partial charge >= 0.3 is 5.97 Å². The summed E-state index contributed by atoms with van der Waals surface area (Å²) in [6.07, 6.45) is 0.911. The van der Waals surface area contributed by atoms with E-state index in [2.05, 4.69) is 23.7 Å². The molecule has 0 saturated heterocycles. The Labute approximate surface area is 101 Å². The molecule has 0 bridgehead atoms. The van der Waals surface area contributed by atoms with Crippen molar-refractivity contribution in [2.24, 2.45) is 0 Å². The van der Waals surface area contributed by atoms with Gasteiger partial charge in [-0.15, -0.1) is 11.3 Å². The van der Waals surface area contributed by atoms with Gasteiger partial charge in [-0.1, -0.05) is 6.07 Å². The van der Waals surface area contributed by atoms with Crippen molar-refractivity contribution < 1.29 is 9.53 Å². The molecule has 0 amide bonds. The quantitative estimate of drug-likeness (QED) is 0.776. The lowest BCUT2D eigenvalue weighted by atomic mass is 10.2. The van der Waals surface area contributed by atoms with Crippen molar-refractivity contribution in [3.63, 3.8) is 0 Å². The van der Waals surface area contributed by atoms with Crippen LogP contribution in [0.4, 0.5) is 0 Å². The Kier molecular flexibility index (Phi) is 5.49. The van der Waals surface area contributed by atoms with Gasteiger partial charge in [0, 0.05) is 10.9 Å². The van der Waals surface area contributed by atoms with Crippen molar-refractivity contribution in [2.45, 2.75) is 39.3 Å². The summed E-state index contributed by atoms with van der Waals surface area (Å²) < 4.78 is 5.04. The van der Waals surface area contributed by atoms with E-state index < -0.39 is 0 Å². The maximum absolute atomic E-state index is 11.3. The molecule has 0 aliphatic carbocycles. The molecule has 0 saturated carbocycles. The molecule has 0 fully saturated rings. The molecule has 1 aromatic heterocycles. The van der Waals surface area contributed by atoms with Gasteiger partial charge in [-0.05, 0) is 38.6 Å². The van der Waals surface area contributed by atoms with E-state index in [4.69, 9.17) is 4.74 Å². The molecular weight excluding hydrogens is 222 g/mol. The summed E-state index contributed by atoms with van der Waals surface area (Å²) in [5.74, 6) is -0.187. The molecule has 1 heterocycles. The predicted molar refractivity (Wildman–Crippen MR) is 66.7 cm³/mol. The predicted octanol–water partition coefficient (Wildman–Crippen LogP) is 2.22. The van der Waals surface area contributed by atoms with E-state index >= 15 is 0 Å². The molecule has 1 unspecified atom stereocenters. The molecule has 0 aliphatic heterocycles. The van der Waals surface area contributed by atoms with Gasteiger partial charge in [0.1, 0.15) is 0 Å². The summed E-state index contributed by atoms with van der Waals surface area (Å²) in [5, 5.41) is 5.22. The first-order chi connectivity index (χ1) is 7.58. The van der Waals surface area contributed by atoms with Crippen LogP contribution in [0.1, 0.15) is 25.6 Å². The molecule has 0 aromatic carbocycles. The lowest BCUT2D eigenvalue weighted by Gasteiger charge is -2.13. The molecule has 3 nitrogen and oxygen atoms in total. The van der Waals surface area contributed by atoms with Crippen molar-refractivity contribution in [2.75, 3.05) is 6.54 Å². The molecule has 1 aromatic rings. The molecule has 0 spiro atoms. The van der Waals surface area contributed by atoms with Crippen LogP contribution in [0.3, 0.4) is 0 Å². The number of hydrogen-bond donors (Lipinski definition) is 1. The first-order valence-electron chi connectivity index (χ1n) is 5.53. The highest BCUT2D eigenvalue weighted by atomic mass is 32.1. The van der Waals surface area contributed by atoms with Crippen molar-refractivity contribution in [3.8, 4) is 0 Å². The fraction of sp³-hybridized carbons (Fsp3) is 0.583. The largest absolute Gasteiger partial charge is 0.462 e. The van der Waals surface area contributed by atoms with Crippen molar-refractivity contribution in [3.05, 3.63) is 22.4 Å². The molecule has 0 radical (unpaired) electrons. The van der Waals surface area contributed by atoms with Crippen LogP contribution in [0.5, 0.6) is 0 Å². The number of nitrogens with one attached hydrogen (secondary N) is 1. The molecule has 16 heavy (non-hydrogen) atoms. The Morgan fingerprint density at radius 3 is 2.81 bits per heavy atom. The average molecular weight is 241 g/mol. The van der Waals surface area contributed by atoms with E-state index in [-0.39, 0.29) is 18.6 Å². The smallest absolute Gasteiger partial charge is 0.320 e. The van der Waals surface area contributed by atoms with Crippen molar-refractivity contribution in [1.29, 1.82) is 0 Å². The van der Waals surface area contributed by atoms with Crippen LogP contribution in [0, 0.1) is 0 Å². The Bertz CT molecular complexity index is 309. The molecular formula is C12H19NO2S. The third kappa shape index (κ3) is 5.28. The first kappa shape index (κ1) is 13.2. The van der Waals surface area contributed by atoms with Gasteiger partial charge in [-0.2, -0.15) is 0 Å². The zero-order valence-corrected chi connectivity index (χ0v) is 10.8. The summed E-state index contributed by atoms with van der Waals surface area (Å²) in [6.45, 7) is 6.06. The van der Waals surface area contributed by atoms with Gasteiger partial charge in [0.05, 0.1) is 12.6 Å². The number of rotatable bonds is 6. The fourth-order valence-electron chi connectivity index (χ4n) is 1.36. The van der Waals surface area contributed by atoms with Crippen molar-refractivity contribution >= 4 is 17.3 Å². The minimum Gasteiger partial charge on any atom is -0.462 e. The van der Waals surface area contributed by atoms with E-state index in [1.54, 1.807) is 11.3 Å². The second-order valence-electron chi connectivity index (χ2n) is 4.10. The molecule has 1 N–H and O–H groups in total. The Balaban J connectivity index is 2.20. The zero-order chi connectivity index (χ0) is 12.0. The third-order valence-electron chi connectivity index (χ3n) is 2.05. The number of carbonyl (C=O) groups is 1. The molecule has 90 valence electrons. The third-order valence-corrected chi connectivity index (χ3v) is 2.95. The standard InChI is InChI=1S/C12H19NO2S/c1-9(2)15-12(14)8-13-10(3)7-11-5-4-6-16-11/h4-6,9-10,13H,7-8H2,1-3H3. The van der Waals surface area contributed by atoms with Crippen LogP contribution in [0.15, 0.2) is 17.5 Å². The molecule has 1 atom stereocenters. The summed E-state index contributed by atoms with van der Waals surface area (Å²) in [7, 11) is 0. The Morgan fingerprint density at radius 2 is 2.25 bits per heavy atom. The molecule has 1 rings (SSSR count). The lowest BCUT2D eigenvalue weighted by molar-refractivity contribution is -0.146. The summed E-state index contributed by atoms with van der Waals surface area (Å²) >= 11 is 1.74. The molecule has 4 heteroatoms. The number of carbonyl (C=O) groups excluding carboxylic acids is 1. The summed E-state index contributed by atoms with van der Waals surface area (Å²) in [6, 6.07) is 4.44. The van der Waals surface area contributed by atoms with Crippen LogP contribution in [0.25, 0.3) is 0 Å². The highest BCUT2D eigenvalue weighted by molar-refractivity contribution is 7.09. The van der Waals surface area contributed by atoms with Crippen molar-refractivity contribution in [1.82, 2.24) is 5.32 Å². The van der Waals surface area contributed by atoms with Crippen LogP contribution < -0.4 is 5.32 Å². The topological polar surface area (TPSA) is 38.3 Å². The van der Waals surface area contributed by atoms with Crippen LogP contribution in [0.2, 0.25) is 0 Å². The van der Waals surface area contributed by atoms with Gasteiger partial charge in [0.15, 0.2) is 0 Å². The summed E-state index contributed by atoms with van der Waals surface area (Å²) in [4.78, 5) is 12.6. The van der Waals surface area contributed by atoms with E-state index in [0.29, 0.717) is 6.04 Å². The number of esters is 1. The zero-order valence-electron chi connectivity index (χ0n) is 10.0. The molecule has 0 aliphatic rings. The number of thiophene rings is 1. The van der Waals surface area contributed by atoms with Gasteiger partial charge in [0.2, 0.25) is 0 Å². The van der Waals surface area contributed by atoms with Crippen LogP contribution in [-0.2, 0) is 16.0 Å². The average Bonchev–Trinajstić information content (AvgIpc) is 2.66. The van der Waals surface area contributed by atoms with E-state index in [0.717, 1.165) is 6.42 Å². The highest BCUT2D eigenvalue weighted by Crippen LogP contribution is 2.10. The van der Waals surface area contributed by atoms with Gasteiger partial charge in [-0.25, -0.2) is 0 Å². The van der Waals surface area contributed by atoms with Gasteiger partial charge < -0.3 is 10.1 Å². The number of ether oxygens (including phenoxy) is 1. The monoisotopic (exact) mass is 241 g/mol. The number of hydrogen-bond acceptors (Lipinski definition) is 4. The SMILES string of the molecule is CC(Cc1cccs1)NCC(=O)OC(C)C. The minimum atomic E-state index is -0.187. The fourth-order valence-corrected chi connectivity index (χ4v) is 2.20. The van der Waals surface area contributed by atoms with E-state index in [9.17, 15) is 4.79 Å². The second kappa shape index (κ2) is 6.66. The minimum absolute atomic E-state index is 0.0399. The van der Waals surface area contributed by atoms with E-state index in [1.165, 1.54) is 4.88 Å². The Morgan fingerprint density at radius 1 is 1.50 bits per heavy atom. The summed E-state index contributed by atoms with van der Waals surface area (Å²) in [5.41, 5.74) is 0. The maximum Gasteiger partial charge on any atom is 0.320 e. The second-order valence-corrected chi connectivity index (χ2v) is 5.14. The highest BCUT2D eigenvalue weighted by Gasteiger charge is 2.08. The lowest BCUT2D eigenvalue weighted by Crippen LogP contribution is -2.34. The normalized spacial score (nSPS) is 12.8.